The number of esters is 1. The van der Waals surface area contributed by atoms with Gasteiger partial charge in [0.25, 0.3) is 0 Å². The molecule has 1 saturated heterocycles. The van der Waals surface area contributed by atoms with Crippen molar-refractivity contribution in [3.63, 3.8) is 0 Å². The molecule has 0 saturated carbocycles. The van der Waals surface area contributed by atoms with Crippen molar-refractivity contribution < 1.29 is 33.5 Å². The van der Waals surface area contributed by atoms with E-state index in [0.717, 1.165) is 6.42 Å². The maximum Gasteiger partial charge on any atom is 0.376 e. The Morgan fingerprint density at radius 2 is 1.97 bits per heavy atom. The number of hydrogen-bond acceptors (Lipinski definition) is 8. The monoisotopic (exact) mass is 465 g/mol. The van der Waals surface area contributed by atoms with Crippen LogP contribution in [0.25, 0.3) is 0 Å². The van der Waals surface area contributed by atoms with Crippen molar-refractivity contribution in [2.24, 2.45) is 17.8 Å². The summed E-state index contributed by atoms with van der Waals surface area (Å²) in [5.74, 6) is 1.74. The average molecular weight is 465 g/mol. The molecule has 9 heteroatoms. The fourth-order valence-corrected chi connectivity index (χ4v) is 4.12. The standard InChI is InChI=1S/C24H40BNO7/c1-7-31-24(27)20-16-26(25(4)28)15-18(20)13-22(17(2)3)33-19-9-10-21(30-6)23(14-19)32-12-8-11-29-5/h9-10,14,17-18,20,22,28H,7-8,11-13,15-16H2,1-6H3/t18-,20-,22+/m1/s1. The van der Waals surface area contributed by atoms with Gasteiger partial charge in [-0.05, 0) is 50.7 Å². The molecule has 0 spiro atoms. The normalized spacial score (nSPS) is 19.4. The Morgan fingerprint density at radius 3 is 2.58 bits per heavy atom. The second-order valence-electron chi connectivity index (χ2n) is 8.85. The number of benzene rings is 1. The van der Waals surface area contributed by atoms with Crippen molar-refractivity contribution in [2.45, 2.75) is 46.5 Å². The first-order valence-electron chi connectivity index (χ1n) is 11.9. The Labute approximate surface area is 198 Å². The van der Waals surface area contributed by atoms with E-state index < -0.39 is 7.05 Å². The van der Waals surface area contributed by atoms with Crippen LogP contribution in [-0.4, -0.2) is 76.1 Å². The summed E-state index contributed by atoms with van der Waals surface area (Å²) in [7, 11) is 2.67. The summed E-state index contributed by atoms with van der Waals surface area (Å²) in [6.07, 6.45) is 1.34. The highest BCUT2D eigenvalue weighted by Gasteiger charge is 2.42. The molecule has 2 rings (SSSR count). The Bertz CT molecular complexity index is 731. The summed E-state index contributed by atoms with van der Waals surface area (Å²) in [6, 6.07) is 5.56. The fraction of sp³-hybridized carbons (Fsp3) is 0.708. The Hall–Kier alpha value is -1.97. The molecule has 0 aliphatic carbocycles. The molecule has 0 bridgehead atoms. The summed E-state index contributed by atoms with van der Waals surface area (Å²) in [6.45, 7) is 10.4. The van der Waals surface area contributed by atoms with Gasteiger partial charge in [-0.25, -0.2) is 0 Å². The van der Waals surface area contributed by atoms with Crippen LogP contribution in [0.3, 0.4) is 0 Å². The number of carbonyl (C=O) groups is 1. The first-order valence-corrected chi connectivity index (χ1v) is 11.9. The molecule has 1 aromatic rings. The second kappa shape index (κ2) is 13.7. The molecule has 1 heterocycles. The van der Waals surface area contributed by atoms with Crippen LogP contribution in [0.15, 0.2) is 18.2 Å². The highest BCUT2D eigenvalue weighted by Crippen LogP contribution is 2.35. The lowest BCUT2D eigenvalue weighted by Gasteiger charge is -2.27. The molecule has 1 aliphatic heterocycles. The van der Waals surface area contributed by atoms with Gasteiger partial charge in [-0.1, -0.05) is 13.8 Å². The van der Waals surface area contributed by atoms with Crippen LogP contribution in [0.2, 0.25) is 6.82 Å². The van der Waals surface area contributed by atoms with Gasteiger partial charge in [0.2, 0.25) is 0 Å². The Balaban J connectivity index is 2.13. The molecule has 1 aromatic carbocycles. The van der Waals surface area contributed by atoms with Crippen LogP contribution in [0.5, 0.6) is 17.2 Å². The summed E-state index contributed by atoms with van der Waals surface area (Å²) in [4.78, 5) is 14.5. The third kappa shape index (κ3) is 8.08. The minimum atomic E-state index is -0.607. The number of rotatable bonds is 14. The van der Waals surface area contributed by atoms with E-state index in [1.807, 2.05) is 29.9 Å². The highest BCUT2D eigenvalue weighted by atomic mass is 16.5. The SMILES string of the molecule is CCOC(=O)[C@@H]1CN(B(C)O)C[C@H]1C[C@H](Oc1ccc(OC)c(OCCCOC)c1)C(C)C. The zero-order valence-corrected chi connectivity index (χ0v) is 20.9. The molecule has 1 aliphatic rings. The lowest BCUT2D eigenvalue weighted by atomic mass is 9.85. The Kier molecular flexibility index (Phi) is 11.3. The van der Waals surface area contributed by atoms with Crippen molar-refractivity contribution in [1.29, 1.82) is 0 Å². The van der Waals surface area contributed by atoms with Crippen LogP contribution in [0.1, 0.15) is 33.6 Å². The van der Waals surface area contributed by atoms with Gasteiger partial charge in [0, 0.05) is 32.7 Å². The zero-order valence-electron chi connectivity index (χ0n) is 20.9. The lowest BCUT2D eigenvalue weighted by molar-refractivity contribution is -0.149. The molecule has 0 unspecified atom stereocenters. The Morgan fingerprint density at radius 1 is 1.21 bits per heavy atom. The van der Waals surface area contributed by atoms with Crippen molar-refractivity contribution in [3.8, 4) is 17.2 Å². The quantitative estimate of drug-likeness (QED) is 0.255. The predicted octanol–water partition coefficient (Wildman–Crippen LogP) is 3.13. The molecule has 33 heavy (non-hydrogen) atoms. The minimum Gasteiger partial charge on any atom is -0.493 e. The van der Waals surface area contributed by atoms with Crippen molar-refractivity contribution >= 4 is 13.0 Å². The van der Waals surface area contributed by atoms with Crippen LogP contribution in [0.4, 0.5) is 0 Å². The van der Waals surface area contributed by atoms with E-state index in [9.17, 15) is 9.82 Å². The van der Waals surface area contributed by atoms with Gasteiger partial charge in [-0.3, -0.25) is 4.79 Å². The summed E-state index contributed by atoms with van der Waals surface area (Å²) in [5.41, 5.74) is 0. The molecule has 0 aromatic heterocycles. The van der Waals surface area contributed by atoms with E-state index in [0.29, 0.717) is 56.6 Å². The maximum absolute atomic E-state index is 12.6. The van der Waals surface area contributed by atoms with E-state index in [2.05, 4.69) is 13.8 Å². The van der Waals surface area contributed by atoms with Crippen LogP contribution >= 0.6 is 0 Å². The van der Waals surface area contributed by atoms with Crippen molar-refractivity contribution in [2.75, 3.05) is 47.1 Å². The van der Waals surface area contributed by atoms with E-state index in [1.54, 1.807) is 21.0 Å². The molecular weight excluding hydrogens is 425 g/mol. The fourth-order valence-electron chi connectivity index (χ4n) is 4.12. The number of ether oxygens (including phenoxy) is 5. The maximum atomic E-state index is 12.6. The summed E-state index contributed by atoms with van der Waals surface area (Å²) in [5, 5.41) is 10.1. The van der Waals surface area contributed by atoms with Crippen LogP contribution in [0, 0.1) is 17.8 Å². The number of hydrogen-bond donors (Lipinski definition) is 1. The molecule has 1 fully saturated rings. The van der Waals surface area contributed by atoms with E-state index >= 15 is 0 Å². The third-order valence-electron chi connectivity index (χ3n) is 6.04. The number of methoxy groups -OCH3 is 2. The largest absolute Gasteiger partial charge is 0.493 e. The zero-order chi connectivity index (χ0) is 24.4. The number of nitrogens with zero attached hydrogens (tertiary/aromatic N) is 1. The topological polar surface area (TPSA) is 86.7 Å². The highest BCUT2D eigenvalue weighted by molar-refractivity contribution is 6.45. The van der Waals surface area contributed by atoms with Crippen LogP contribution < -0.4 is 14.2 Å². The van der Waals surface area contributed by atoms with Gasteiger partial charge < -0.3 is 33.5 Å². The van der Waals surface area contributed by atoms with Crippen molar-refractivity contribution in [3.05, 3.63) is 18.2 Å². The third-order valence-corrected chi connectivity index (χ3v) is 6.04. The van der Waals surface area contributed by atoms with Crippen molar-refractivity contribution in [1.82, 2.24) is 4.81 Å². The minimum absolute atomic E-state index is 0.0362. The smallest absolute Gasteiger partial charge is 0.376 e. The molecule has 3 atom stereocenters. The average Bonchev–Trinajstić information content (AvgIpc) is 3.21. The van der Waals surface area contributed by atoms with Gasteiger partial charge in [0.1, 0.15) is 11.9 Å². The summed E-state index contributed by atoms with van der Waals surface area (Å²) >= 11 is 0. The van der Waals surface area contributed by atoms with E-state index in [-0.39, 0.29) is 29.8 Å². The van der Waals surface area contributed by atoms with Gasteiger partial charge in [0.15, 0.2) is 11.5 Å². The van der Waals surface area contributed by atoms with E-state index in [1.165, 1.54) is 0 Å². The first kappa shape index (κ1) is 27.3. The van der Waals surface area contributed by atoms with Gasteiger partial charge >= 0.3 is 13.0 Å². The summed E-state index contributed by atoms with van der Waals surface area (Å²) < 4.78 is 28.1. The van der Waals surface area contributed by atoms with Gasteiger partial charge in [0.05, 0.1) is 26.2 Å². The van der Waals surface area contributed by atoms with Crippen LogP contribution in [-0.2, 0) is 14.3 Å². The molecular formula is C24H40BNO7. The number of carbonyl (C=O) groups excluding carboxylic acids is 1. The molecule has 1 N–H and O–H groups in total. The molecule has 0 radical (unpaired) electrons. The second-order valence-corrected chi connectivity index (χ2v) is 8.85. The first-order chi connectivity index (χ1) is 15.8. The van der Waals surface area contributed by atoms with Gasteiger partial charge in [-0.15, -0.1) is 0 Å². The van der Waals surface area contributed by atoms with Gasteiger partial charge in [-0.2, -0.15) is 0 Å². The lowest BCUT2D eigenvalue weighted by Crippen LogP contribution is -2.36. The predicted molar refractivity (Wildman–Crippen MR) is 128 cm³/mol. The van der Waals surface area contributed by atoms with E-state index in [4.69, 9.17) is 23.7 Å². The molecule has 8 nitrogen and oxygen atoms in total. The molecule has 186 valence electrons. The molecule has 0 amide bonds.